The molecule has 0 aromatic carbocycles. The van der Waals surface area contributed by atoms with Gasteiger partial charge in [0.1, 0.15) is 16.5 Å². The number of carboxylic acid groups (broad SMARTS) is 1. The molecule has 0 fully saturated rings. The maximum atomic E-state index is 11.3. The summed E-state index contributed by atoms with van der Waals surface area (Å²) in [6, 6.07) is 2.83. The SMILES string of the molecule is CC/C=C(C)\C(Oc1nc(Cl)ccc1C(=O)O)=C(\C)CC. The summed E-state index contributed by atoms with van der Waals surface area (Å²) in [5, 5.41) is 9.41. The third kappa shape index (κ3) is 4.60. The van der Waals surface area contributed by atoms with Crippen molar-refractivity contribution >= 4 is 17.6 Å². The quantitative estimate of drug-likeness (QED) is 0.463. The number of nitrogens with zero attached hydrogens (tertiary/aromatic N) is 1. The molecule has 21 heavy (non-hydrogen) atoms. The second-order valence-electron chi connectivity index (χ2n) is 4.65. The van der Waals surface area contributed by atoms with Crippen LogP contribution in [-0.2, 0) is 0 Å². The zero-order valence-corrected chi connectivity index (χ0v) is 13.5. The first-order chi connectivity index (χ1) is 9.90. The van der Waals surface area contributed by atoms with Crippen molar-refractivity contribution in [2.45, 2.75) is 40.5 Å². The fourth-order valence-corrected chi connectivity index (χ4v) is 1.96. The highest BCUT2D eigenvalue weighted by Crippen LogP contribution is 2.26. The molecule has 0 saturated heterocycles. The van der Waals surface area contributed by atoms with Crippen LogP contribution in [0.25, 0.3) is 0 Å². The number of hydrogen-bond acceptors (Lipinski definition) is 3. The van der Waals surface area contributed by atoms with E-state index in [1.165, 1.54) is 12.1 Å². The summed E-state index contributed by atoms with van der Waals surface area (Å²) < 4.78 is 5.79. The molecule has 4 nitrogen and oxygen atoms in total. The normalized spacial score (nSPS) is 12.9. The third-order valence-corrected chi connectivity index (χ3v) is 3.25. The second-order valence-corrected chi connectivity index (χ2v) is 5.04. The molecule has 1 rings (SSSR count). The lowest BCUT2D eigenvalue weighted by Crippen LogP contribution is -2.07. The van der Waals surface area contributed by atoms with Gasteiger partial charge in [0.05, 0.1) is 0 Å². The molecule has 0 unspecified atom stereocenters. The van der Waals surface area contributed by atoms with E-state index in [-0.39, 0.29) is 16.6 Å². The van der Waals surface area contributed by atoms with Crippen LogP contribution in [0.4, 0.5) is 0 Å². The predicted molar refractivity (Wildman–Crippen MR) is 83.9 cm³/mol. The molecule has 0 radical (unpaired) electrons. The summed E-state index contributed by atoms with van der Waals surface area (Å²) in [5.74, 6) is -0.432. The number of hydrogen-bond donors (Lipinski definition) is 1. The van der Waals surface area contributed by atoms with Crippen molar-refractivity contribution in [3.05, 3.63) is 45.8 Å². The Morgan fingerprint density at radius 2 is 2.05 bits per heavy atom. The molecule has 114 valence electrons. The minimum atomic E-state index is -1.10. The largest absolute Gasteiger partial charge is 0.477 e. The van der Waals surface area contributed by atoms with Gasteiger partial charge < -0.3 is 9.84 Å². The smallest absolute Gasteiger partial charge is 0.341 e. The molecule has 0 aliphatic heterocycles. The molecule has 0 aliphatic carbocycles. The lowest BCUT2D eigenvalue weighted by atomic mass is 10.1. The van der Waals surface area contributed by atoms with Crippen molar-refractivity contribution in [1.82, 2.24) is 4.98 Å². The standard InChI is InChI=1S/C16H20ClNO3/c1-5-7-11(4)14(10(3)6-2)21-15-12(16(19)20)8-9-13(17)18-15/h7-9H,5-6H2,1-4H3,(H,19,20)/b11-7-,14-10+. The number of carbonyl (C=O) groups is 1. The Balaban J connectivity index is 3.31. The molecule has 0 atom stereocenters. The Morgan fingerprint density at radius 3 is 2.57 bits per heavy atom. The van der Waals surface area contributed by atoms with Gasteiger partial charge in [-0.1, -0.05) is 31.5 Å². The Bertz CT molecular complexity index is 591. The number of rotatable bonds is 6. The number of aromatic nitrogens is 1. The minimum Gasteiger partial charge on any atom is -0.477 e. The molecule has 0 amide bonds. The maximum Gasteiger partial charge on any atom is 0.341 e. The first-order valence-electron chi connectivity index (χ1n) is 6.85. The molecule has 1 aromatic rings. The van der Waals surface area contributed by atoms with Gasteiger partial charge in [-0.25, -0.2) is 9.78 Å². The first-order valence-corrected chi connectivity index (χ1v) is 7.23. The topological polar surface area (TPSA) is 59.4 Å². The summed E-state index contributed by atoms with van der Waals surface area (Å²) in [7, 11) is 0. The van der Waals surface area contributed by atoms with Crippen LogP contribution in [-0.4, -0.2) is 16.1 Å². The Morgan fingerprint density at radius 1 is 1.38 bits per heavy atom. The van der Waals surface area contributed by atoms with Gasteiger partial charge in [0.2, 0.25) is 5.88 Å². The van der Waals surface area contributed by atoms with Crippen molar-refractivity contribution in [3.8, 4) is 5.88 Å². The molecule has 0 bridgehead atoms. The van der Waals surface area contributed by atoms with Gasteiger partial charge >= 0.3 is 5.97 Å². The molecule has 1 aromatic heterocycles. The number of ether oxygens (including phenoxy) is 1. The summed E-state index contributed by atoms with van der Waals surface area (Å²) in [6.45, 7) is 7.93. The Hall–Kier alpha value is -1.81. The van der Waals surface area contributed by atoms with Crippen LogP contribution in [0, 0.1) is 0 Å². The number of aromatic carboxylic acids is 1. The Labute approximate surface area is 130 Å². The van der Waals surface area contributed by atoms with E-state index in [1.807, 2.05) is 33.8 Å². The summed E-state index contributed by atoms with van der Waals surface area (Å²) in [6.07, 6.45) is 3.69. The van der Waals surface area contributed by atoms with Gasteiger partial charge in [-0.05, 0) is 50.0 Å². The van der Waals surface area contributed by atoms with Crippen LogP contribution in [0.5, 0.6) is 5.88 Å². The second kappa shape index (κ2) is 7.84. The summed E-state index contributed by atoms with van der Waals surface area (Å²) in [4.78, 5) is 15.3. The molecule has 0 spiro atoms. The molecule has 1 heterocycles. The first kappa shape index (κ1) is 17.2. The summed E-state index contributed by atoms with van der Waals surface area (Å²) >= 11 is 5.84. The van der Waals surface area contributed by atoms with E-state index in [1.54, 1.807) is 0 Å². The molecular formula is C16H20ClNO3. The van der Waals surface area contributed by atoms with Gasteiger partial charge in [0.15, 0.2) is 0 Å². The van der Waals surface area contributed by atoms with Crippen LogP contribution in [0.2, 0.25) is 5.15 Å². The van der Waals surface area contributed by atoms with E-state index in [0.717, 1.165) is 24.0 Å². The van der Waals surface area contributed by atoms with Gasteiger partial charge in [-0.2, -0.15) is 0 Å². The maximum absolute atomic E-state index is 11.3. The van der Waals surface area contributed by atoms with Crippen molar-refractivity contribution < 1.29 is 14.6 Å². The lowest BCUT2D eigenvalue weighted by molar-refractivity contribution is 0.0693. The number of pyridine rings is 1. The van der Waals surface area contributed by atoms with E-state index in [0.29, 0.717) is 5.76 Å². The average molecular weight is 310 g/mol. The predicted octanol–water partition coefficient (Wildman–Crippen LogP) is 4.85. The van der Waals surface area contributed by atoms with Crippen molar-refractivity contribution in [2.75, 3.05) is 0 Å². The zero-order valence-electron chi connectivity index (χ0n) is 12.7. The van der Waals surface area contributed by atoms with Crippen molar-refractivity contribution in [1.29, 1.82) is 0 Å². The Kier molecular flexibility index (Phi) is 6.43. The molecule has 1 N–H and O–H groups in total. The fourth-order valence-electron chi connectivity index (χ4n) is 1.82. The molecule has 0 aliphatic rings. The van der Waals surface area contributed by atoms with Gasteiger partial charge in [0.25, 0.3) is 0 Å². The zero-order chi connectivity index (χ0) is 16.0. The number of carboxylic acids is 1. The summed E-state index contributed by atoms with van der Waals surface area (Å²) in [5.41, 5.74) is 1.97. The highest BCUT2D eigenvalue weighted by atomic mass is 35.5. The third-order valence-electron chi connectivity index (χ3n) is 3.04. The molecular weight excluding hydrogens is 290 g/mol. The van der Waals surface area contributed by atoms with Gasteiger partial charge in [-0.15, -0.1) is 0 Å². The minimum absolute atomic E-state index is 0.00917. The number of halogens is 1. The fraction of sp³-hybridized carbons (Fsp3) is 0.375. The average Bonchev–Trinajstić information content (AvgIpc) is 2.43. The highest BCUT2D eigenvalue weighted by molar-refractivity contribution is 6.29. The van der Waals surface area contributed by atoms with E-state index in [4.69, 9.17) is 16.3 Å². The number of allylic oxidation sites excluding steroid dienone is 3. The van der Waals surface area contributed by atoms with Crippen LogP contribution in [0.3, 0.4) is 0 Å². The monoisotopic (exact) mass is 309 g/mol. The molecule has 5 heteroatoms. The lowest BCUT2D eigenvalue weighted by Gasteiger charge is -2.15. The van der Waals surface area contributed by atoms with E-state index in [2.05, 4.69) is 4.98 Å². The van der Waals surface area contributed by atoms with Crippen LogP contribution in [0.1, 0.15) is 50.9 Å². The highest BCUT2D eigenvalue weighted by Gasteiger charge is 2.17. The van der Waals surface area contributed by atoms with Crippen LogP contribution >= 0.6 is 11.6 Å². The van der Waals surface area contributed by atoms with E-state index >= 15 is 0 Å². The molecule has 0 saturated carbocycles. The van der Waals surface area contributed by atoms with Crippen LogP contribution < -0.4 is 4.74 Å². The van der Waals surface area contributed by atoms with E-state index < -0.39 is 5.97 Å². The van der Waals surface area contributed by atoms with Crippen molar-refractivity contribution in [3.63, 3.8) is 0 Å². The van der Waals surface area contributed by atoms with Gasteiger partial charge in [0, 0.05) is 0 Å². The van der Waals surface area contributed by atoms with Gasteiger partial charge in [-0.3, -0.25) is 0 Å². The van der Waals surface area contributed by atoms with Crippen LogP contribution in [0.15, 0.2) is 35.1 Å². The van der Waals surface area contributed by atoms with E-state index in [9.17, 15) is 9.90 Å². The van der Waals surface area contributed by atoms with Crippen molar-refractivity contribution in [2.24, 2.45) is 0 Å².